The van der Waals surface area contributed by atoms with Crippen molar-refractivity contribution in [3.8, 4) is 5.69 Å². The van der Waals surface area contributed by atoms with Gasteiger partial charge in [0.25, 0.3) is 17.3 Å². The number of alkyl halides is 3. The summed E-state index contributed by atoms with van der Waals surface area (Å²) in [7, 11) is 0. The highest BCUT2D eigenvalue weighted by Crippen LogP contribution is 2.33. The van der Waals surface area contributed by atoms with Gasteiger partial charge in [0.05, 0.1) is 38.4 Å². The normalized spacial score (nSPS) is 11.2. The van der Waals surface area contributed by atoms with Crippen molar-refractivity contribution in [3.63, 3.8) is 0 Å². The van der Waals surface area contributed by atoms with E-state index in [1.54, 1.807) is 0 Å². The van der Waals surface area contributed by atoms with Crippen LogP contribution in [0, 0.1) is 20.2 Å². The third kappa shape index (κ3) is 4.24. The summed E-state index contributed by atoms with van der Waals surface area (Å²) >= 11 is 0. The molecule has 154 valence electrons. The number of aromatic nitrogens is 2. The number of non-ortho nitro benzene ring substituents is 2. The number of rotatable bonds is 5. The van der Waals surface area contributed by atoms with Gasteiger partial charge in [-0.15, -0.1) is 0 Å². The van der Waals surface area contributed by atoms with Crippen LogP contribution in [0.4, 0.5) is 30.2 Å². The average molecular weight is 421 g/mol. The molecule has 0 spiro atoms. The number of amides is 1. The Morgan fingerprint density at radius 2 is 1.67 bits per heavy atom. The first-order valence-corrected chi connectivity index (χ1v) is 8.03. The SMILES string of the molecule is O=C(Nc1cc(C(F)(F)F)ccc1-n1cccn1)c1cc([N+](=O)[O-])cc([N+](=O)[O-])c1. The summed E-state index contributed by atoms with van der Waals surface area (Å²) in [6, 6.07) is 6.28. The minimum absolute atomic E-state index is 0.0845. The molecule has 0 saturated carbocycles. The third-order valence-electron chi connectivity index (χ3n) is 3.91. The first-order chi connectivity index (χ1) is 14.1. The highest BCUT2D eigenvalue weighted by molar-refractivity contribution is 6.06. The second kappa shape index (κ2) is 7.62. The minimum Gasteiger partial charge on any atom is -0.320 e. The van der Waals surface area contributed by atoms with Crippen LogP contribution in [0.15, 0.2) is 54.9 Å². The standard InChI is InChI=1S/C17H10F3N5O5/c18-17(19,20)11-2-3-15(23-5-1-4-21-23)14(8-11)22-16(26)10-6-12(24(27)28)9-13(7-10)25(29)30/h1-9H,(H,22,26). The van der Waals surface area contributed by atoms with Gasteiger partial charge in [-0.3, -0.25) is 25.0 Å². The molecule has 0 aliphatic heterocycles. The van der Waals surface area contributed by atoms with E-state index >= 15 is 0 Å². The van der Waals surface area contributed by atoms with E-state index in [9.17, 15) is 38.2 Å². The number of nitrogens with one attached hydrogen (secondary N) is 1. The van der Waals surface area contributed by atoms with Crippen molar-refractivity contribution >= 4 is 23.0 Å². The lowest BCUT2D eigenvalue weighted by atomic mass is 10.1. The Hall–Kier alpha value is -4.29. The average Bonchev–Trinajstić information content (AvgIpc) is 3.21. The lowest BCUT2D eigenvalue weighted by Crippen LogP contribution is -2.16. The second-order valence-electron chi connectivity index (χ2n) is 5.89. The minimum atomic E-state index is -4.70. The fourth-order valence-electron chi connectivity index (χ4n) is 2.56. The Bertz CT molecular complexity index is 1110. The van der Waals surface area contributed by atoms with Crippen LogP contribution < -0.4 is 5.32 Å². The predicted molar refractivity (Wildman–Crippen MR) is 96.3 cm³/mol. The predicted octanol–water partition coefficient (Wildman–Crippen LogP) is 3.96. The van der Waals surface area contributed by atoms with Crippen LogP contribution in [0.1, 0.15) is 15.9 Å². The van der Waals surface area contributed by atoms with Crippen LogP contribution in [-0.4, -0.2) is 25.5 Å². The van der Waals surface area contributed by atoms with Gasteiger partial charge in [0, 0.05) is 24.5 Å². The molecule has 13 heteroatoms. The van der Waals surface area contributed by atoms with E-state index < -0.39 is 44.4 Å². The Balaban J connectivity index is 2.06. The van der Waals surface area contributed by atoms with E-state index in [0.29, 0.717) is 12.1 Å². The molecule has 1 N–H and O–H groups in total. The zero-order valence-corrected chi connectivity index (χ0v) is 14.7. The van der Waals surface area contributed by atoms with E-state index in [1.165, 1.54) is 23.1 Å². The fourth-order valence-corrected chi connectivity index (χ4v) is 2.56. The van der Waals surface area contributed by atoms with Gasteiger partial charge in [0.15, 0.2) is 0 Å². The molecule has 1 heterocycles. The zero-order valence-electron chi connectivity index (χ0n) is 14.7. The number of hydrogen-bond acceptors (Lipinski definition) is 6. The molecule has 0 radical (unpaired) electrons. The van der Waals surface area contributed by atoms with Crippen molar-refractivity contribution in [2.45, 2.75) is 6.18 Å². The highest BCUT2D eigenvalue weighted by Gasteiger charge is 2.31. The number of benzene rings is 2. The molecule has 1 amide bonds. The molecule has 3 aromatic rings. The molecule has 1 aromatic heterocycles. The second-order valence-corrected chi connectivity index (χ2v) is 5.89. The number of nitro groups is 2. The molecular weight excluding hydrogens is 411 g/mol. The fraction of sp³-hybridized carbons (Fsp3) is 0.0588. The van der Waals surface area contributed by atoms with Crippen LogP contribution >= 0.6 is 0 Å². The Morgan fingerprint density at radius 1 is 1.03 bits per heavy atom. The van der Waals surface area contributed by atoms with Gasteiger partial charge >= 0.3 is 6.18 Å². The van der Waals surface area contributed by atoms with Gasteiger partial charge in [-0.05, 0) is 24.3 Å². The van der Waals surface area contributed by atoms with Crippen LogP contribution in [0.25, 0.3) is 5.69 Å². The van der Waals surface area contributed by atoms with Gasteiger partial charge in [0.2, 0.25) is 0 Å². The summed E-state index contributed by atoms with van der Waals surface area (Å²) in [4.78, 5) is 32.7. The van der Waals surface area contributed by atoms with Crippen molar-refractivity contribution in [2.24, 2.45) is 0 Å². The lowest BCUT2D eigenvalue weighted by molar-refractivity contribution is -0.394. The summed E-state index contributed by atoms with van der Waals surface area (Å²) < 4.78 is 40.5. The van der Waals surface area contributed by atoms with Crippen LogP contribution in [0.5, 0.6) is 0 Å². The largest absolute Gasteiger partial charge is 0.416 e. The van der Waals surface area contributed by atoms with Gasteiger partial charge in [-0.1, -0.05) is 0 Å². The van der Waals surface area contributed by atoms with E-state index in [1.807, 2.05) is 0 Å². The molecule has 0 unspecified atom stereocenters. The summed E-state index contributed by atoms with van der Waals surface area (Å²) in [5.74, 6) is -1.07. The van der Waals surface area contributed by atoms with Gasteiger partial charge in [-0.25, -0.2) is 4.68 Å². The van der Waals surface area contributed by atoms with E-state index in [0.717, 1.165) is 24.3 Å². The Labute approximate surface area is 164 Å². The van der Waals surface area contributed by atoms with Crippen molar-refractivity contribution in [3.05, 3.63) is 86.2 Å². The van der Waals surface area contributed by atoms with Crippen molar-refractivity contribution in [1.82, 2.24) is 9.78 Å². The number of carbonyl (C=O) groups excluding carboxylic acids is 1. The lowest BCUT2D eigenvalue weighted by Gasteiger charge is -2.14. The molecule has 3 rings (SSSR count). The van der Waals surface area contributed by atoms with Crippen molar-refractivity contribution in [1.29, 1.82) is 0 Å². The molecule has 0 fully saturated rings. The van der Waals surface area contributed by atoms with Gasteiger partial charge in [0.1, 0.15) is 0 Å². The van der Waals surface area contributed by atoms with E-state index in [2.05, 4.69) is 10.4 Å². The first-order valence-electron chi connectivity index (χ1n) is 8.03. The van der Waals surface area contributed by atoms with E-state index in [4.69, 9.17) is 0 Å². The Morgan fingerprint density at radius 3 is 2.17 bits per heavy atom. The maximum atomic E-state index is 13.1. The summed E-state index contributed by atoms with van der Waals surface area (Å²) in [6.07, 6.45) is -1.91. The summed E-state index contributed by atoms with van der Waals surface area (Å²) in [6.45, 7) is 0. The molecule has 10 nitrogen and oxygen atoms in total. The summed E-state index contributed by atoms with van der Waals surface area (Å²) in [5, 5.41) is 28.1. The molecule has 0 saturated heterocycles. The quantitative estimate of drug-likeness (QED) is 0.490. The van der Waals surface area contributed by atoms with Crippen molar-refractivity contribution < 1.29 is 27.8 Å². The maximum absolute atomic E-state index is 13.1. The monoisotopic (exact) mass is 421 g/mol. The third-order valence-corrected chi connectivity index (χ3v) is 3.91. The van der Waals surface area contributed by atoms with E-state index in [-0.39, 0.29) is 11.4 Å². The summed E-state index contributed by atoms with van der Waals surface area (Å²) in [5.41, 5.74) is -3.18. The number of nitrogens with zero attached hydrogens (tertiary/aromatic N) is 4. The molecular formula is C17H10F3N5O5. The smallest absolute Gasteiger partial charge is 0.320 e. The van der Waals surface area contributed by atoms with Crippen LogP contribution in [0.2, 0.25) is 0 Å². The number of carbonyl (C=O) groups is 1. The molecule has 2 aromatic carbocycles. The number of hydrogen-bond donors (Lipinski definition) is 1. The highest BCUT2D eigenvalue weighted by atomic mass is 19.4. The molecule has 30 heavy (non-hydrogen) atoms. The number of anilines is 1. The molecule has 0 atom stereocenters. The topological polar surface area (TPSA) is 133 Å². The number of nitro benzene ring substituents is 2. The van der Waals surface area contributed by atoms with Crippen molar-refractivity contribution in [2.75, 3.05) is 5.32 Å². The van der Waals surface area contributed by atoms with Gasteiger partial charge in [-0.2, -0.15) is 18.3 Å². The molecule has 0 aliphatic carbocycles. The van der Waals surface area contributed by atoms with Crippen LogP contribution in [0.3, 0.4) is 0 Å². The van der Waals surface area contributed by atoms with Crippen LogP contribution in [-0.2, 0) is 6.18 Å². The van der Waals surface area contributed by atoms with Gasteiger partial charge < -0.3 is 5.32 Å². The maximum Gasteiger partial charge on any atom is 0.416 e. The number of halogens is 3. The zero-order chi connectivity index (χ0) is 22.1. The molecule has 0 bridgehead atoms. The molecule has 0 aliphatic rings. The Kier molecular flexibility index (Phi) is 5.19. The first kappa shape index (κ1) is 20.4.